The SMILES string of the molecule is Cc1nnnn1-c1cccc(NC(=O)NCCc2cccc(Cl)c2)c1. The van der Waals surface area contributed by atoms with E-state index in [1.54, 1.807) is 16.8 Å². The van der Waals surface area contributed by atoms with Gasteiger partial charge in [-0.3, -0.25) is 0 Å². The molecular weight excluding hydrogens is 340 g/mol. The van der Waals surface area contributed by atoms with E-state index < -0.39 is 0 Å². The molecule has 0 aliphatic carbocycles. The summed E-state index contributed by atoms with van der Waals surface area (Å²) in [7, 11) is 0. The third-order valence-corrected chi connectivity index (χ3v) is 3.80. The maximum atomic E-state index is 12.0. The van der Waals surface area contributed by atoms with E-state index in [1.165, 1.54) is 0 Å². The Bertz CT molecular complexity index is 879. The van der Waals surface area contributed by atoms with Gasteiger partial charge >= 0.3 is 6.03 Å². The molecule has 0 saturated carbocycles. The van der Waals surface area contributed by atoms with Gasteiger partial charge in [0.25, 0.3) is 0 Å². The second kappa shape index (κ2) is 7.76. The molecule has 0 fully saturated rings. The van der Waals surface area contributed by atoms with Gasteiger partial charge in [0, 0.05) is 17.3 Å². The van der Waals surface area contributed by atoms with Crippen molar-refractivity contribution < 1.29 is 4.79 Å². The average molecular weight is 357 g/mol. The molecule has 1 heterocycles. The Labute approximate surface area is 150 Å². The lowest BCUT2D eigenvalue weighted by Gasteiger charge is -2.09. The van der Waals surface area contributed by atoms with Crippen LogP contribution in [0.3, 0.4) is 0 Å². The second-order valence-corrected chi connectivity index (χ2v) is 5.89. The molecule has 0 atom stereocenters. The number of halogens is 1. The summed E-state index contributed by atoms with van der Waals surface area (Å²) in [6, 6.07) is 14.6. The molecule has 0 bridgehead atoms. The van der Waals surface area contributed by atoms with E-state index in [-0.39, 0.29) is 6.03 Å². The first kappa shape index (κ1) is 16.9. The Hall–Kier alpha value is -2.93. The van der Waals surface area contributed by atoms with Crippen molar-refractivity contribution >= 4 is 23.3 Å². The van der Waals surface area contributed by atoms with Crippen molar-refractivity contribution in [2.75, 3.05) is 11.9 Å². The first-order valence-corrected chi connectivity index (χ1v) is 8.14. The van der Waals surface area contributed by atoms with Gasteiger partial charge in [-0.2, -0.15) is 4.68 Å². The predicted molar refractivity (Wildman–Crippen MR) is 96.1 cm³/mol. The number of carbonyl (C=O) groups is 1. The van der Waals surface area contributed by atoms with Crippen LogP contribution in [0, 0.1) is 6.92 Å². The summed E-state index contributed by atoms with van der Waals surface area (Å²) in [6.45, 7) is 2.32. The van der Waals surface area contributed by atoms with Gasteiger partial charge in [0.1, 0.15) is 0 Å². The number of carbonyl (C=O) groups excluding carboxylic acids is 1. The van der Waals surface area contributed by atoms with Crippen LogP contribution in [0.4, 0.5) is 10.5 Å². The lowest BCUT2D eigenvalue weighted by atomic mass is 10.1. The van der Waals surface area contributed by atoms with Gasteiger partial charge in [0.05, 0.1) is 5.69 Å². The maximum Gasteiger partial charge on any atom is 0.319 e. The molecule has 2 N–H and O–H groups in total. The highest BCUT2D eigenvalue weighted by Gasteiger charge is 2.06. The third kappa shape index (κ3) is 4.54. The molecule has 0 radical (unpaired) electrons. The first-order chi connectivity index (χ1) is 12.1. The number of rotatable bonds is 5. The number of aryl methyl sites for hydroxylation is 1. The fourth-order valence-electron chi connectivity index (χ4n) is 2.37. The number of benzene rings is 2. The quantitative estimate of drug-likeness (QED) is 0.736. The Morgan fingerprint density at radius 3 is 2.80 bits per heavy atom. The molecule has 2 aromatic carbocycles. The van der Waals surface area contributed by atoms with Crippen LogP contribution in [0.5, 0.6) is 0 Å². The molecular formula is C17H17ClN6O. The summed E-state index contributed by atoms with van der Waals surface area (Å²) in [5.41, 5.74) is 2.51. The number of nitrogens with one attached hydrogen (secondary N) is 2. The topological polar surface area (TPSA) is 84.7 Å². The highest BCUT2D eigenvalue weighted by atomic mass is 35.5. The summed E-state index contributed by atoms with van der Waals surface area (Å²) >= 11 is 5.95. The van der Waals surface area contributed by atoms with Crippen molar-refractivity contribution in [1.29, 1.82) is 0 Å². The van der Waals surface area contributed by atoms with Crippen LogP contribution in [0.15, 0.2) is 48.5 Å². The number of hydrogen-bond acceptors (Lipinski definition) is 4. The van der Waals surface area contributed by atoms with Crippen molar-refractivity contribution in [3.8, 4) is 5.69 Å². The lowest BCUT2D eigenvalue weighted by molar-refractivity contribution is 0.252. The molecule has 0 unspecified atom stereocenters. The fourth-order valence-corrected chi connectivity index (χ4v) is 2.59. The molecule has 2 amide bonds. The minimum atomic E-state index is -0.271. The van der Waals surface area contributed by atoms with E-state index in [4.69, 9.17) is 11.6 Å². The summed E-state index contributed by atoms with van der Waals surface area (Å²) in [5.74, 6) is 0.670. The summed E-state index contributed by atoms with van der Waals surface area (Å²) in [5, 5.41) is 17.7. The van der Waals surface area contributed by atoms with E-state index in [2.05, 4.69) is 26.2 Å². The van der Waals surface area contributed by atoms with E-state index in [0.29, 0.717) is 29.5 Å². The van der Waals surface area contributed by atoms with Crippen LogP contribution in [0.2, 0.25) is 5.02 Å². The van der Waals surface area contributed by atoms with Gasteiger partial charge in [-0.05, 0) is 59.7 Å². The number of amides is 2. The van der Waals surface area contributed by atoms with Crippen LogP contribution < -0.4 is 10.6 Å². The molecule has 25 heavy (non-hydrogen) atoms. The lowest BCUT2D eigenvalue weighted by Crippen LogP contribution is -2.30. The minimum absolute atomic E-state index is 0.271. The average Bonchev–Trinajstić information content (AvgIpc) is 3.01. The normalized spacial score (nSPS) is 10.5. The Kier molecular flexibility index (Phi) is 5.25. The molecule has 0 spiro atoms. The second-order valence-electron chi connectivity index (χ2n) is 5.45. The molecule has 8 heteroatoms. The molecule has 0 saturated heterocycles. The fraction of sp³-hybridized carbons (Fsp3) is 0.176. The van der Waals surface area contributed by atoms with Gasteiger partial charge in [-0.15, -0.1) is 5.10 Å². The summed E-state index contributed by atoms with van der Waals surface area (Å²) in [4.78, 5) is 12.0. The first-order valence-electron chi connectivity index (χ1n) is 7.76. The van der Waals surface area contributed by atoms with Crippen molar-refractivity contribution in [2.45, 2.75) is 13.3 Å². The van der Waals surface area contributed by atoms with Crippen LogP contribution >= 0.6 is 11.6 Å². The molecule has 3 aromatic rings. The van der Waals surface area contributed by atoms with Gasteiger partial charge in [0.15, 0.2) is 5.82 Å². The van der Waals surface area contributed by atoms with Crippen LogP contribution in [0.1, 0.15) is 11.4 Å². The van der Waals surface area contributed by atoms with Crippen LogP contribution in [-0.4, -0.2) is 32.8 Å². The Morgan fingerprint density at radius 1 is 1.20 bits per heavy atom. The van der Waals surface area contributed by atoms with Gasteiger partial charge in [-0.25, -0.2) is 4.79 Å². The summed E-state index contributed by atoms with van der Waals surface area (Å²) in [6.07, 6.45) is 0.706. The molecule has 128 valence electrons. The van der Waals surface area contributed by atoms with Gasteiger partial charge in [-0.1, -0.05) is 29.8 Å². The molecule has 0 aliphatic heterocycles. The number of anilines is 1. The van der Waals surface area contributed by atoms with Crippen LogP contribution in [0.25, 0.3) is 5.69 Å². The van der Waals surface area contributed by atoms with Crippen molar-refractivity contribution in [2.24, 2.45) is 0 Å². The zero-order valence-electron chi connectivity index (χ0n) is 13.6. The Balaban J connectivity index is 1.55. The zero-order valence-corrected chi connectivity index (χ0v) is 14.4. The number of tetrazole rings is 1. The van der Waals surface area contributed by atoms with E-state index >= 15 is 0 Å². The molecule has 3 rings (SSSR count). The van der Waals surface area contributed by atoms with Crippen molar-refractivity contribution in [3.05, 3.63) is 64.9 Å². The third-order valence-electron chi connectivity index (χ3n) is 3.56. The molecule has 7 nitrogen and oxygen atoms in total. The smallest absolute Gasteiger partial charge is 0.319 e. The number of hydrogen-bond donors (Lipinski definition) is 2. The van der Waals surface area contributed by atoms with Crippen molar-refractivity contribution in [3.63, 3.8) is 0 Å². The number of nitrogens with zero attached hydrogens (tertiary/aromatic N) is 4. The summed E-state index contributed by atoms with van der Waals surface area (Å²) < 4.78 is 1.60. The largest absolute Gasteiger partial charge is 0.338 e. The monoisotopic (exact) mass is 356 g/mol. The molecule has 0 aliphatic rings. The van der Waals surface area contributed by atoms with E-state index in [9.17, 15) is 4.79 Å². The van der Waals surface area contributed by atoms with Gasteiger partial charge in [0.2, 0.25) is 0 Å². The predicted octanol–water partition coefficient (Wildman–Crippen LogP) is 2.99. The molecule has 1 aromatic heterocycles. The number of aromatic nitrogens is 4. The Morgan fingerprint density at radius 2 is 2.04 bits per heavy atom. The van der Waals surface area contributed by atoms with E-state index in [1.807, 2.05) is 43.3 Å². The zero-order chi connectivity index (χ0) is 17.6. The highest BCUT2D eigenvalue weighted by molar-refractivity contribution is 6.30. The van der Waals surface area contributed by atoms with E-state index in [0.717, 1.165) is 11.3 Å². The maximum absolute atomic E-state index is 12.0. The minimum Gasteiger partial charge on any atom is -0.338 e. The highest BCUT2D eigenvalue weighted by Crippen LogP contribution is 2.14. The standard InChI is InChI=1S/C17H17ClN6O/c1-12-21-22-23-24(12)16-7-3-6-15(11-16)20-17(25)19-9-8-13-4-2-5-14(18)10-13/h2-7,10-11H,8-9H2,1H3,(H2,19,20,25). The van der Waals surface area contributed by atoms with Gasteiger partial charge < -0.3 is 10.6 Å². The van der Waals surface area contributed by atoms with Crippen molar-refractivity contribution in [1.82, 2.24) is 25.5 Å². The number of urea groups is 1. The van der Waals surface area contributed by atoms with Crippen LogP contribution in [-0.2, 0) is 6.42 Å².